The number of aromatic nitrogens is 6. The van der Waals surface area contributed by atoms with Crippen LogP contribution in [0.5, 0.6) is 0 Å². The van der Waals surface area contributed by atoms with Crippen LogP contribution in [0.15, 0.2) is 47.6 Å². The van der Waals surface area contributed by atoms with E-state index in [0.717, 1.165) is 33.5 Å². The van der Waals surface area contributed by atoms with Crippen LogP contribution in [0, 0.1) is 13.8 Å². The molecule has 0 saturated heterocycles. The van der Waals surface area contributed by atoms with Crippen LogP contribution in [0.2, 0.25) is 5.02 Å². The number of hydrogen-bond donors (Lipinski definition) is 2. The molecule has 0 aliphatic carbocycles. The Labute approximate surface area is 198 Å². The monoisotopic (exact) mass is 477 g/mol. The highest BCUT2D eigenvalue weighted by Gasteiger charge is 2.16. The summed E-state index contributed by atoms with van der Waals surface area (Å²) in [5, 5.41) is 8.69. The maximum atomic E-state index is 12.9. The maximum Gasteiger partial charge on any atom is 0.253 e. The Morgan fingerprint density at radius 2 is 1.97 bits per heavy atom. The third-order valence-electron chi connectivity index (χ3n) is 5.44. The molecule has 5 rings (SSSR count). The second-order valence-corrected chi connectivity index (χ2v) is 8.77. The van der Waals surface area contributed by atoms with Gasteiger partial charge in [-0.1, -0.05) is 35.5 Å². The van der Waals surface area contributed by atoms with Crippen molar-refractivity contribution in [2.24, 2.45) is 0 Å². The molecular weight excluding hydrogens is 458 g/mol. The standard InChI is InChI=1S/C23H20ClN7OS/c1-12-16(13(2)31-22(25-12)29-23(30-31)33-3)11-20(32)26-14-8-9-18-19(10-14)28-21(27-18)15-6-4-5-7-17(15)24/h4-10H,11H2,1-3H3,(H,26,32)(H,27,28). The van der Waals surface area contributed by atoms with Crippen molar-refractivity contribution in [3.8, 4) is 11.4 Å². The molecule has 1 amide bonds. The summed E-state index contributed by atoms with van der Waals surface area (Å²) in [4.78, 5) is 29.7. The summed E-state index contributed by atoms with van der Waals surface area (Å²) in [7, 11) is 0. The molecule has 0 saturated carbocycles. The number of aryl methyl sites for hydroxylation is 2. The Morgan fingerprint density at radius 1 is 1.15 bits per heavy atom. The molecule has 2 N–H and O–H groups in total. The van der Waals surface area contributed by atoms with Crippen LogP contribution in [-0.4, -0.2) is 41.7 Å². The van der Waals surface area contributed by atoms with Crippen LogP contribution in [-0.2, 0) is 11.2 Å². The van der Waals surface area contributed by atoms with Gasteiger partial charge in [0, 0.05) is 28.2 Å². The average molecular weight is 478 g/mol. The number of benzene rings is 2. The minimum Gasteiger partial charge on any atom is -0.338 e. The van der Waals surface area contributed by atoms with Gasteiger partial charge < -0.3 is 10.3 Å². The van der Waals surface area contributed by atoms with E-state index in [1.807, 2.05) is 62.6 Å². The van der Waals surface area contributed by atoms with E-state index in [2.05, 4.69) is 30.4 Å². The van der Waals surface area contributed by atoms with Crippen LogP contribution < -0.4 is 5.32 Å². The second-order valence-electron chi connectivity index (χ2n) is 7.59. The van der Waals surface area contributed by atoms with Crippen molar-refractivity contribution >= 4 is 51.8 Å². The third-order valence-corrected chi connectivity index (χ3v) is 6.31. The van der Waals surface area contributed by atoms with Gasteiger partial charge in [0.25, 0.3) is 5.78 Å². The van der Waals surface area contributed by atoms with Crippen LogP contribution in [0.1, 0.15) is 17.0 Å². The van der Waals surface area contributed by atoms with Gasteiger partial charge in [0.2, 0.25) is 11.1 Å². The fourth-order valence-corrected chi connectivity index (χ4v) is 4.33. The Hall–Kier alpha value is -3.43. The number of anilines is 1. The summed E-state index contributed by atoms with van der Waals surface area (Å²) in [5.74, 6) is 1.08. The van der Waals surface area contributed by atoms with E-state index >= 15 is 0 Å². The maximum absolute atomic E-state index is 12.9. The lowest BCUT2D eigenvalue weighted by Crippen LogP contribution is -2.17. The Morgan fingerprint density at radius 3 is 2.76 bits per heavy atom. The molecule has 3 heterocycles. The molecule has 2 aromatic carbocycles. The summed E-state index contributed by atoms with van der Waals surface area (Å²) in [5.41, 5.74) is 5.56. The van der Waals surface area contributed by atoms with Gasteiger partial charge in [-0.3, -0.25) is 4.79 Å². The molecule has 0 bridgehead atoms. The van der Waals surface area contributed by atoms with E-state index in [4.69, 9.17) is 11.6 Å². The first-order valence-electron chi connectivity index (χ1n) is 10.2. The summed E-state index contributed by atoms with van der Waals surface area (Å²) in [6, 6.07) is 13.1. The zero-order chi connectivity index (χ0) is 23.1. The predicted octanol–water partition coefficient (Wildman–Crippen LogP) is 4.84. The van der Waals surface area contributed by atoms with Gasteiger partial charge >= 0.3 is 0 Å². The molecule has 0 spiro atoms. The largest absolute Gasteiger partial charge is 0.338 e. The molecule has 10 heteroatoms. The van der Waals surface area contributed by atoms with Crippen molar-refractivity contribution in [3.63, 3.8) is 0 Å². The number of imidazole rings is 1. The number of thioether (sulfide) groups is 1. The van der Waals surface area contributed by atoms with Gasteiger partial charge in [-0.15, -0.1) is 5.10 Å². The molecule has 166 valence electrons. The number of H-pyrrole nitrogens is 1. The quantitative estimate of drug-likeness (QED) is 0.351. The molecule has 0 aliphatic rings. The van der Waals surface area contributed by atoms with E-state index in [-0.39, 0.29) is 12.3 Å². The number of amides is 1. The number of halogens is 1. The lowest BCUT2D eigenvalue weighted by Gasteiger charge is -2.11. The first kappa shape index (κ1) is 21.4. The smallest absolute Gasteiger partial charge is 0.253 e. The van der Waals surface area contributed by atoms with Crippen molar-refractivity contribution in [1.29, 1.82) is 0 Å². The SMILES string of the molecule is CSc1nc2nc(C)c(CC(=O)Nc3ccc4nc(-c5ccccc5Cl)[nH]c4c3)c(C)n2n1. The second kappa shape index (κ2) is 8.49. The fourth-order valence-electron chi connectivity index (χ4n) is 3.77. The third kappa shape index (κ3) is 4.05. The van der Waals surface area contributed by atoms with Crippen LogP contribution in [0.3, 0.4) is 0 Å². The van der Waals surface area contributed by atoms with E-state index in [9.17, 15) is 4.79 Å². The van der Waals surface area contributed by atoms with Crippen molar-refractivity contribution in [1.82, 2.24) is 29.5 Å². The normalized spacial score (nSPS) is 11.4. The number of rotatable bonds is 5. The van der Waals surface area contributed by atoms with Crippen molar-refractivity contribution in [2.45, 2.75) is 25.4 Å². The first-order valence-corrected chi connectivity index (χ1v) is 11.8. The number of hydrogen-bond acceptors (Lipinski definition) is 6. The predicted molar refractivity (Wildman–Crippen MR) is 131 cm³/mol. The molecule has 0 unspecified atom stereocenters. The number of nitrogens with zero attached hydrogens (tertiary/aromatic N) is 5. The molecule has 8 nitrogen and oxygen atoms in total. The summed E-state index contributed by atoms with van der Waals surface area (Å²) in [6.45, 7) is 3.81. The Balaban J connectivity index is 1.39. The molecule has 0 fully saturated rings. The van der Waals surface area contributed by atoms with Gasteiger partial charge in [-0.05, 0) is 50.4 Å². The van der Waals surface area contributed by atoms with Crippen LogP contribution in [0.4, 0.5) is 5.69 Å². The lowest BCUT2D eigenvalue weighted by molar-refractivity contribution is -0.115. The molecule has 3 aromatic heterocycles. The van der Waals surface area contributed by atoms with Crippen molar-refractivity contribution in [2.75, 3.05) is 11.6 Å². The minimum atomic E-state index is -0.141. The molecule has 33 heavy (non-hydrogen) atoms. The zero-order valence-corrected chi connectivity index (χ0v) is 19.8. The Bertz CT molecular complexity index is 1520. The highest BCUT2D eigenvalue weighted by Crippen LogP contribution is 2.28. The number of aromatic amines is 1. The van der Waals surface area contributed by atoms with Gasteiger partial charge in [0.1, 0.15) is 5.82 Å². The Kier molecular flexibility index (Phi) is 5.51. The van der Waals surface area contributed by atoms with E-state index in [1.54, 1.807) is 4.52 Å². The van der Waals surface area contributed by atoms with Gasteiger partial charge in [0.15, 0.2) is 0 Å². The molecular formula is C23H20ClN7OS. The highest BCUT2D eigenvalue weighted by atomic mass is 35.5. The number of fused-ring (bicyclic) bond motifs is 2. The van der Waals surface area contributed by atoms with Gasteiger partial charge in [-0.2, -0.15) is 4.98 Å². The minimum absolute atomic E-state index is 0.141. The van der Waals surface area contributed by atoms with Gasteiger partial charge in [0.05, 0.1) is 22.5 Å². The molecule has 0 aliphatic heterocycles. The van der Waals surface area contributed by atoms with Crippen molar-refractivity contribution in [3.05, 3.63) is 64.4 Å². The number of nitrogens with one attached hydrogen (secondary N) is 2. The fraction of sp³-hybridized carbons (Fsp3) is 0.174. The van der Waals surface area contributed by atoms with E-state index in [0.29, 0.717) is 27.5 Å². The molecule has 0 radical (unpaired) electrons. The lowest BCUT2D eigenvalue weighted by atomic mass is 10.1. The topological polar surface area (TPSA) is 101 Å². The van der Waals surface area contributed by atoms with Crippen LogP contribution in [0.25, 0.3) is 28.2 Å². The summed E-state index contributed by atoms with van der Waals surface area (Å²) < 4.78 is 1.69. The average Bonchev–Trinajstić information content (AvgIpc) is 3.40. The number of carbonyl (C=O) groups excluding carboxylic acids is 1. The first-order chi connectivity index (χ1) is 15.9. The van der Waals surface area contributed by atoms with Crippen LogP contribution >= 0.6 is 23.4 Å². The highest BCUT2D eigenvalue weighted by molar-refractivity contribution is 7.98. The van der Waals surface area contributed by atoms with Crippen molar-refractivity contribution < 1.29 is 4.79 Å². The number of carbonyl (C=O) groups is 1. The summed E-state index contributed by atoms with van der Waals surface area (Å²) >= 11 is 7.76. The molecule has 0 atom stereocenters. The van der Waals surface area contributed by atoms with Gasteiger partial charge in [-0.25, -0.2) is 14.5 Å². The van der Waals surface area contributed by atoms with E-state index < -0.39 is 0 Å². The van der Waals surface area contributed by atoms with E-state index in [1.165, 1.54) is 11.8 Å². The zero-order valence-electron chi connectivity index (χ0n) is 18.2. The summed E-state index contributed by atoms with van der Waals surface area (Å²) in [6.07, 6.45) is 2.10. The molecule has 5 aromatic rings.